The van der Waals surface area contributed by atoms with E-state index >= 15 is 0 Å². The molecule has 2 heterocycles. The van der Waals surface area contributed by atoms with Crippen LogP contribution in [0.15, 0.2) is 0 Å². The molecule has 0 aromatic heterocycles. The van der Waals surface area contributed by atoms with Gasteiger partial charge in [-0.15, -0.1) is 0 Å². The average Bonchev–Trinajstić information content (AvgIpc) is 2.41. The predicted octanol–water partition coefficient (Wildman–Crippen LogP) is 0.692. The lowest BCUT2D eigenvalue weighted by molar-refractivity contribution is -0.148. The van der Waals surface area contributed by atoms with E-state index in [2.05, 4.69) is 12.2 Å². The number of carbonyl (C=O) groups is 1. The van der Waals surface area contributed by atoms with E-state index in [0.29, 0.717) is 12.6 Å². The summed E-state index contributed by atoms with van der Waals surface area (Å²) in [4.78, 5) is 11.5. The van der Waals surface area contributed by atoms with E-state index in [-0.39, 0.29) is 11.4 Å². The Balaban J connectivity index is 2.21. The number of carbonyl (C=O) groups excluding carboxylic acids is 1. The average molecular weight is 169 g/mol. The highest BCUT2D eigenvalue weighted by atomic mass is 16.5. The molecule has 0 aliphatic carbocycles. The number of piperidine rings is 1. The molecule has 0 aromatic carbocycles. The van der Waals surface area contributed by atoms with Crippen LogP contribution in [0.5, 0.6) is 0 Å². The molecule has 0 amide bonds. The van der Waals surface area contributed by atoms with Gasteiger partial charge in [-0.1, -0.05) is 0 Å². The number of cyclic esters (lactones) is 1. The maximum absolute atomic E-state index is 11.5. The summed E-state index contributed by atoms with van der Waals surface area (Å²) in [5, 5.41) is 3.34. The fourth-order valence-corrected chi connectivity index (χ4v) is 2.33. The normalized spacial score (nSPS) is 41.8. The second-order valence-electron chi connectivity index (χ2n) is 3.82. The van der Waals surface area contributed by atoms with Gasteiger partial charge >= 0.3 is 5.97 Å². The van der Waals surface area contributed by atoms with Crippen LogP contribution in [0.3, 0.4) is 0 Å². The van der Waals surface area contributed by atoms with Gasteiger partial charge in [0.05, 0.1) is 12.0 Å². The number of rotatable bonds is 0. The van der Waals surface area contributed by atoms with Crippen LogP contribution < -0.4 is 5.32 Å². The largest absolute Gasteiger partial charge is 0.465 e. The van der Waals surface area contributed by atoms with Crippen molar-refractivity contribution >= 4 is 5.97 Å². The van der Waals surface area contributed by atoms with Gasteiger partial charge in [-0.2, -0.15) is 0 Å². The highest BCUT2D eigenvalue weighted by Gasteiger charge is 2.49. The SMILES string of the molecule is CC1NCCCC12CCOC2=O. The van der Waals surface area contributed by atoms with E-state index in [1.165, 1.54) is 0 Å². The van der Waals surface area contributed by atoms with E-state index in [0.717, 1.165) is 25.8 Å². The van der Waals surface area contributed by atoms with Gasteiger partial charge in [0.25, 0.3) is 0 Å². The molecule has 2 saturated heterocycles. The van der Waals surface area contributed by atoms with Crippen molar-refractivity contribution in [1.29, 1.82) is 0 Å². The quantitative estimate of drug-likeness (QED) is 0.542. The second kappa shape index (κ2) is 2.73. The lowest BCUT2D eigenvalue weighted by atomic mass is 9.74. The van der Waals surface area contributed by atoms with Crippen LogP contribution in [0.25, 0.3) is 0 Å². The Morgan fingerprint density at radius 2 is 2.42 bits per heavy atom. The zero-order chi connectivity index (χ0) is 8.60. The lowest BCUT2D eigenvalue weighted by Crippen LogP contribution is -2.50. The molecule has 68 valence electrons. The van der Waals surface area contributed by atoms with Gasteiger partial charge in [-0.3, -0.25) is 4.79 Å². The molecule has 12 heavy (non-hydrogen) atoms. The Bertz CT molecular complexity index is 205. The van der Waals surface area contributed by atoms with Crippen LogP contribution in [-0.2, 0) is 9.53 Å². The Kier molecular flexibility index (Phi) is 1.83. The molecule has 0 saturated carbocycles. The molecule has 3 heteroatoms. The zero-order valence-corrected chi connectivity index (χ0v) is 7.43. The lowest BCUT2D eigenvalue weighted by Gasteiger charge is -2.36. The summed E-state index contributed by atoms with van der Waals surface area (Å²) < 4.78 is 5.04. The first-order valence-electron chi connectivity index (χ1n) is 4.66. The second-order valence-corrected chi connectivity index (χ2v) is 3.82. The third kappa shape index (κ3) is 0.959. The number of hydrogen-bond donors (Lipinski definition) is 1. The minimum atomic E-state index is -0.182. The standard InChI is InChI=1S/C9H15NO2/c1-7-9(3-2-5-10-7)4-6-12-8(9)11/h7,10H,2-6H2,1H3. The van der Waals surface area contributed by atoms with Crippen molar-refractivity contribution in [3.05, 3.63) is 0 Å². The van der Waals surface area contributed by atoms with Crippen LogP contribution in [0.4, 0.5) is 0 Å². The summed E-state index contributed by atoms with van der Waals surface area (Å²) in [5.74, 6) is 0.0159. The molecule has 2 fully saturated rings. The molecular formula is C9H15NO2. The number of nitrogens with one attached hydrogen (secondary N) is 1. The third-order valence-electron chi connectivity index (χ3n) is 3.27. The van der Waals surface area contributed by atoms with Gasteiger partial charge in [-0.25, -0.2) is 0 Å². The number of hydrogen-bond acceptors (Lipinski definition) is 3. The van der Waals surface area contributed by atoms with Crippen LogP contribution in [0, 0.1) is 5.41 Å². The molecule has 0 radical (unpaired) electrons. The van der Waals surface area contributed by atoms with Gasteiger partial charge in [0.15, 0.2) is 0 Å². The minimum Gasteiger partial charge on any atom is -0.465 e. The maximum atomic E-state index is 11.5. The van der Waals surface area contributed by atoms with E-state index < -0.39 is 0 Å². The molecule has 2 aliphatic rings. The highest BCUT2D eigenvalue weighted by Crippen LogP contribution is 2.40. The van der Waals surface area contributed by atoms with Crippen molar-refractivity contribution in [3.8, 4) is 0 Å². The summed E-state index contributed by atoms with van der Waals surface area (Å²) in [6.45, 7) is 3.74. The Morgan fingerprint density at radius 3 is 3.00 bits per heavy atom. The smallest absolute Gasteiger partial charge is 0.313 e. The van der Waals surface area contributed by atoms with Crippen molar-refractivity contribution < 1.29 is 9.53 Å². The van der Waals surface area contributed by atoms with Crippen LogP contribution in [0.1, 0.15) is 26.2 Å². The fourth-order valence-electron chi connectivity index (χ4n) is 2.33. The van der Waals surface area contributed by atoms with Crippen LogP contribution in [0.2, 0.25) is 0 Å². The Hall–Kier alpha value is -0.570. The van der Waals surface area contributed by atoms with E-state index in [1.54, 1.807) is 0 Å². The zero-order valence-electron chi connectivity index (χ0n) is 7.43. The molecule has 3 nitrogen and oxygen atoms in total. The van der Waals surface area contributed by atoms with Gasteiger partial charge in [0, 0.05) is 6.04 Å². The Labute approximate surface area is 72.5 Å². The fraction of sp³-hybridized carbons (Fsp3) is 0.889. The first-order valence-corrected chi connectivity index (χ1v) is 4.66. The highest BCUT2D eigenvalue weighted by molar-refractivity contribution is 5.79. The number of ether oxygens (including phenoxy) is 1. The van der Waals surface area contributed by atoms with Gasteiger partial charge in [0.2, 0.25) is 0 Å². The van der Waals surface area contributed by atoms with Crippen molar-refractivity contribution in [2.45, 2.75) is 32.2 Å². The van der Waals surface area contributed by atoms with Crippen LogP contribution >= 0.6 is 0 Å². The van der Waals surface area contributed by atoms with E-state index in [9.17, 15) is 4.79 Å². The molecule has 2 aliphatic heterocycles. The van der Waals surface area contributed by atoms with E-state index in [1.807, 2.05) is 0 Å². The van der Waals surface area contributed by atoms with Crippen molar-refractivity contribution in [1.82, 2.24) is 5.32 Å². The molecule has 2 atom stereocenters. The summed E-state index contributed by atoms with van der Waals surface area (Å²) in [6.07, 6.45) is 3.00. The topological polar surface area (TPSA) is 38.3 Å². The van der Waals surface area contributed by atoms with E-state index in [4.69, 9.17) is 4.74 Å². The maximum Gasteiger partial charge on any atom is 0.313 e. The summed E-state index contributed by atoms with van der Waals surface area (Å²) in [5.41, 5.74) is -0.182. The molecule has 2 rings (SSSR count). The predicted molar refractivity (Wildman–Crippen MR) is 44.7 cm³/mol. The third-order valence-corrected chi connectivity index (χ3v) is 3.27. The first-order chi connectivity index (χ1) is 5.76. The van der Waals surface area contributed by atoms with Crippen molar-refractivity contribution in [2.24, 2.45) is 5.41 Å². The first kappa shape index (κ1) is 8.05. The molecule has 0 bridgehead atoms. The number of esters is 1. The molecule has 2 unspecified atom stereocenters. The van der Waals surface area contributed by atoms with Crippen LogP contribution in [-0.4, -0.2) is 25.2 Å². The van der Waals surface area contributed by atoms with Crippen molar-refractivity contribution in [2.75, 3.05) is 13.2 Å². The van der Waals surface area contributed by atoms with Crippen molar-refractivity contribution in [3.63, 3.8) is 0 Å². The van der Waals surface area contributed by atoms with Gasteiger partial charge in [0.1, 0.15) is 0 Å². The summed E-state index contributed by atoms with van der Waals surface area (Å²) in [6, 6.07) is 0.293. The Morgan fingerprint density at radius 1 is 1.58 bits per heavy atom. The summed E-state index contributed by atoms with van der Waals surface area (Å²) in [7, 11) is 0. The molecule has 1 spiro atoms. The van der Waals surface area contributed by atoms with Gasteiger partial charge < -0.3 is 10.1 Å². The molecule has 1 N–H and O–H groups in total. The minimum absolute atomic E-state index is 0.0159. The van der Waals surface area contributed by atoms with Gasteiger partial charge in [-0.05, 0) is 32.7 Å². The molecule has 0 aromatic rings. The monoisotopic (exact) mass is 169 g/mol. The molecular weight excluding hydrogens is 154 g/mol. The summed E-state index contributed by atoms with van der Waals surface area (Å²) >= 11 is 0.